The summed E-state index contributed by atoms with van der Waals surface area (Å²) < 4.78 is 0. The molecule has 0 amide bonds. The summed E-state index contributed by atoms with van der Waals surface area (Å²) in [7, 11) is 2.24. The first-order valence-corrected chi connectivity index (χ1v) is 7.93. The number of thiazole rings is 1. The number of aryl methyl sites for hydroxylation is 1. The van der Waals surface area contributed by atoms with Crippen LogP contribution in [0.5, 0.6) is 0 Å². The van der Waals surface area contributed by atoms with Crippen molar-refractivity contribution in [3.8, 4) is 0 Å². The number of likely N-dealkylation sites (tertiary alicyclic amines) is 1. The lowest BCUT2D eigenvalue weighted by molar-refractivity contribution is 0.119. The van der Waals surface area contributed by atoms with E-state index in [-0.39, 0.29) is 0 Å². The second kappa shape index (κ2) is 6.64. The molecule has 1 aliphatic heterocycles. The topological polar surface area (TPSA) is 28.2 Å². The van der Waals surface area contributed by atoms with Crippen LogP contribution >= 0.6 is 11.3 Å². The molecule has 18 heavy (non-hydrogen) atoms. The molecule has 2 unspecified atom stereocenters. The van der Waals surface area contributed by atoms with Gasteiger partial charge in [0.05, 0.1) is 6.04 Å². The lowest BCUT2D eigenvalue weighted by Crippen LogP contribution is -2.40. The van der Waals surface area contributed by atoms with Gasteiger partial charge in [0.2, 0.25) is 0 Å². The third-order valence-corrected chi connectivity index (χ3v) is 4.76. The van der Waals surface area contributed by atoms with Gasteiger partial charge in [-0.1, -0.05) is 6.92 Å². The summed E-state index contributed by atoms with van der Waals surface area (Å²) in [5.41, 5.74) is 1.16. The number of rotatable bonds is 5. The number of piperidine rings is 1. The Kier molecular flexibility index (Phi) is 5.15. The van der Waals surface area contributed by atoms with Crippen LogP contribution in [0.15, 0.2) is 5.38 Å². The van der Waals surface area contributed by atoms with Gasteiger partial charge in [-0.25, -0.2) is 4.98 Å². The molecule has 2 heterocycles. The first-order chi connectivity index (χ1) is 8.72. The molecule has 102 valence electrons. The van der Waals surface area contributed by atoms with Crippen LogP contribution in [0.2, 0.25) is 0 Å². The lowest BCUT2D eigenvalue weighted by atomic mass is 9.89. The van der Waals surface area contributed by atoms with E-state index in [9.17, 15) is 0 Å². The summed E-state index contributed by atoms with van der Waals surface area (Å²) in [5.74, 6) is 0.709. The number of hydrogen-bond donors (Lipinski definition) is 1. The monoisotopic (exact) mass is 267 g/mol. The minimum absolute atomic E-state index is 0.516. The first-order valence-electron chi connectivity index (χ1n) is 7.05. The van der Waals surface area contributed by atoms with Gasteiger partial charge in [-0.05, 0) is 58.8 Å². The molecule has 1 aliphatic rings. The second-order valence-corrected chi connectivity index (χ2v) is 6.25. The van der Waals surface area contributed by atoms with Crippen LogP contribution in [-0.4, -0.2) is 36.6 Å². The van der Waals surface area contributed by atoms with E-state index in [1.165, 1.54) is 30.8 Å². The van der Waals surface area contributed by atoms with Crippen LogP contribution in [0.3, 0.4) is 0 Å². The number of hydrogen-bond acceptors (Lipinski definition) is 4. The molecule has 0 saturated carbocycles. The number of aromatic nitrogens is 1. The van der Waals surface area contributed by atoms with Crippen LogP contribution in [-0.2, 0) is 0 Å². The largest absolute Gasteiger partial charge is 0.316 e. The van der Waals surface area contributed by atoms with Gasteiger partial charge < -0.3 is 5.32 Å². The minimum atomic E-state index is 0.516. The van der Waals surface area contributed by atoms with Crippen molar-refractivity contribution in [1.82, 2.24) is 15.2 Å². The fourth-order valence-electron chi connectivity index (χ4n) is 2.84. The zero-order valence-corrected chi connectivity index (χ0v) is 12.6. The molecule has 3 nitrogen and oxygen atoms in total. The highest BCUT2D eigenvalue weighted by Crippen LogP contribution is 2.36. The van der Waals surface area contributed by atoms with Gasteiger partial charge in [0.25, 0.3) is 0 Å². The highest BCUT2D eigenvalue weighted by molar-refractivity contribution is 7.09. The lowest BCUT2D eigenvalue weighted by Gasteiger charge is -2.38. The predicted octanol–water partition coefficient (Wildman–Crippen LogP) is 2.83. The Balaban J connectivity index is 2.05. The van der Waals surface area contributed by atoms with Crippen molar-refractivity contribution in [2.75, 3.05) is 26.7 Å². The zero-order valence-electron chi connectivity index (χ0n) is 11.8. The predicted molar refractivity (Wildman–Crippen MR) is 78.1 cm³/mol. The standard InChI is InChI=1S/C14H25N3S/c1-4-7-15-9-12-6-5-8-17(3)13(12)14-16-11(2)10-18-14/h10,12-13,15H,4-9H2,1-3H3. The first kappa shape index (κ1) is 14.0. The van der Waals surface area contributed by atoms with Crippen molar-refractivity contribution in [3.05, 3.63) is 16.1 Å². The van der Waals surface area contributed by atoms with E-state index < -0.39 is 0 Å². The quantitative estimate of drug-likeness (QED) is 0.832. The van der Waals surface area contributed by atoms with E-state index in [0.717, 1.165) is 18.8 Å². The molecule has 2 rings (SSSR count). The minimum Gasteiger partial charge on any atom is -0.316 e. The molecular formula is C14H25N3S. The zero-order chi connectivity index (χ0) is 13.0. The van der Waals surface area contributed by atoms with Gasteiger partial charge >= 0.3 is 0 Å². The fourth-order valence-corrected chi connectivity index (χ4v) is 3.89. The Morgan fingerprint density at radius 3 is 3.06 bits per heavy atom. The molecule has 0 radical (unpaired) electrons. The average molecular weight is 267 g/mol. The van der Waals surface area contributed by atoms with Crippen molar-refractivity contribution < 1.29 is 0 Å². The molecule has 1 N–H and O–H groups in total. The number of nitrogens with zero attached hydrogens (tertiary/aromatic N) is 2. The molecule has 1 aromatic rings. The summed E-state index contributed by atoms with van der Waals surface area (Å²) in [6.07, 6.45) is 3.85. The highest BCUT2D eigenvalue weighted by Gasteiger charge is 2.32. The van der Waals surface area contributed by atoms with Gasteiger partial charge in [-0.15, -0.1) is 11.3 Å². The van der Waals surface area contributed by atoms with E-state index in [1.54, 1.807) is 0 Å². The summed E-state index contributed by atoms with van der Waals surface area (Å²) in [6, 6.07) is 0.516. The van der Waals surface area contributed by atoms with Gasteiger partial charge in [-0.3, -0.25) is 4.90 Å². The van der Waals surface area contributed by atoms with E-state index in [4.69, 9.17) is 4.98 Å². The summed E-state index contributed by atoms with van der Waals surface area (Å²) in [5, 5.41) is 7.06. The maximum absolute atomic E-state index is 4.71. The average Bonchev–Trinajstić information content (AvgIpc) is 2.76. The molecule has 0 bridgehead atoms. The summed E-state index contributed by atoms with van der Waals surface area (Å²) in [4.78, 5) is 7.20. The Hall–Kier alpha value is -0.450. The molecule has 0 aliphatic carbocycles. The Morgan fingerprint density at radius 1 is 1.56 bits per heavy atom. The highest BCUT2D eigenvalue weighted by atomic mass is 32.1. The van der Waals surface area contributed by atoms with Crippen LogP contribution in [0.1, 0.15) is 42.9 Å². The summed E-state index contributed by atoms with van der Waals surface area (Å²) >= 11 is 1.82. The van der Waals surface area contributed by atoms with E-state index >= 15 is 0 Å². The maximum atomic E-state index is 4.71. The third-order valence-electron chi connectivity index (χ3n) is 3.73. The number of nitrogens with one attached hydrogen (secondary N) is 1. The molecule has 2 atom stereocenters. The summed E-state index contributed by atoms with van der Waals surface area (Å²) in [6.45, 7) is 7.77. The molecule has 1 saturated heterocycles. The van der Waals surface area contributed by atoms with Gasteiger partial charge in [-0.2, -0.15) is 0 Å². The van der Waals surface area contributed by atoms with Crippen molar-refractivity contribution in [2.24, 2.45) is 5.92 Å². The van der Waals surface area contributed by atoms with Crippen molar-refractivity contribution in [1.29, 1.82) is 0 Å². The van der Waals surface area contributed by atoms with Gasteiger partial charge in [0.15, 0.2) is 0 Å². The van der Waals surface area contributed by atoms with E-state index in [0.29, 0.717) is 12.0 Å². The smallest absolute Gasteiger partial charge is 0.110 e. The molecule has 1 aromatic heterocycles. The SMILES string of the molecule is CCCNCC1CCCN(C)C1c1nc(C)cs1. The van der Waals surface area contributed by atoms with Crippen LogP contribution < -0.4 is 5.32 Å². The van der Waals surface area contributed by atoms with Crippen LogP contribution in [0, 0.1) is 12.8 Å². The molecule has 4 heteroatoms. The van der Waals surface area contributed by atoms with Crippen LogP contribution in [0.4, 0.5) is 0 Å². The van der Waals surface area contributed by atoms with Gasteiger partial charge in [0, 0.05) is 11.1 Å². The maximum Gasteiger partial charge on any atom is 0.110 e. The van der Waals surface area contributed by atoms with Crippen LogP contribution in [0.25, 0.3) is 0 Å². The second-order valence-electron chi connectivity index (χ2n) is 5.36. The fraction of sp³-hybridized carbons (Fsp3) is 0.786. The molecule has 0 spiro atoms. The van der Waals surface area contributed by atoms with E-state index in [1.807, 2.05) is 11.3 Å². The Morgan fingerprint density at radius 2 is 2.39 bits per heavy atom. The van der Waals surface area contributed by atoms with Crippen molar-refractivity contribution >= 4 is 11.3 Å². The molecule has 1 fully saturated rings. The van der Waals surface area contributed by atoms with Crippen molar-refractivity contribution in [3.63, 3.8) is 0 Å². The van der Waals surface area contributed by atoms with E-state index in [2.05, 4.69) is 36.5 Å². The Bertz CT molecular complexity index is 364. The normalized spacial score (nSPS) is 25.5. The molecular weight excluding hydrogens is 242 g/mol. The third kappa shape index (κ3) is 3.31. The van der Waals surface area contributed by atoms with Gasteiger partial charge in [0.1, 0.15) is 5.01 Å². The Labute approximate surface area is 115 Å². The molecule has 0 aromatic carbocycles. The van der Waals surface area contributed by atoms with Crippen molar-refractivity contribution in [2.45, 2.75) is 39.2 Å².